The first kappa shape index (κ1) is 16.1. The van der Waals surface area contributed by atoms with E-state index in [9.17, 15) is 17.6 Å². The summed E-state index contributed by atoms with van der Waals surface area (Å²) in [4.78, 5) is 0. The van der Waals surface area contributed by atoms with E-state index in [0.717, 1.165) is 32.1 Å². The van der Waals surface area contributed by atoms with E-state index in [1.54, 1.807) is 12.1 Å². The van der Waals surface area contributed by atoms with Gasteiger partial charge in [0.15, 0.2) is 0 Å². The van der Waals surface area contributed by atoms with Crippen LogP contribution in [0.4, 0.5) is 17.6 Å². The summed E-state index contributed by atoms with van der Waals surface area (Å²) in [5.74, 6) is -0.0930. The molecule has 0 aromatic heterocycles. The molecule has 2 nitrogen and oxygen atoms in total. The molecule has 21 heavy (non-hydrogen) atoms. The molecule has 1 aliphatic carbocycles. The molecular weight excluding hydrogens is 286 g/mol. The zero-order chi connectivity index (χ0) is 15.5. The highest BCUT2D eigenvalue weighted by Gasteiger charge is 2.44. The fourth-order valence-corrected chi connectivity index (χ4v) is 2.79. The SMILES string of the molecule is N[C@@H](c1ccccc1OC(F)(F)C(F)F)C1CCCCC1. The third-order valence-electron chi connectivity index (χ3n) is 3.94. The Balaban J connectivity index is 2.19. The Hall–Kier alpha value is -1.30. The highest BCUT2D eigenvalue weighted by Crippen LogP contribution is 2.38. The van der Waals surface area contributed by atoms with Gasteiger partial charge in [-0.1, -0.05) is 37.5 Å². The first-order valence-corrected chi connectivity index (χ1v) is 7.11. The molecule has 1 atom stereocenters. The van der Waals surface area contributed by atoms with Crippen molar-refractivity contribution in [3.05, 3.63) is 29.8 Å². The lowest BCUT2D eigenvalue weighted by Crippen LogP contribution is -2.34. The number of ether oxygens (including phenoxy) is 1. The largest absolute Gasteiger partial charge is 0.461 e. The van der Waals surface area contributed by atoms with Gasteiger partial charge in [-0.15, -0.1) is 0 Å². The van der Waals surface area contributed by atoms with Crippen molar-refractivity contribution in [3.63, 3.8) is 0 Å². The van der Waals surface area contributed by atoms with Crippen molar-refractivity contribution < 1.29 is 22.3 Å². The van der Waals surface area contributed by atoms with Gasteiger partial charge in [0.25, 0.3) is 0 Å². The fourth-order valence-electron chi connectivity index (χ4n) is 2.79. The van der Waals surface area contributed by atoms with Crippen LogP contribution in [0.25, 0.3) is 0 Å². The van der Waals surface area contributed by atoms with Gasteiger partial charge in [-0.25, -0.2) is 0 Å². The van der Waals surface area contributed by atoms with Crippen molar-refractivity contribution >= 4 is 0 Å². The van der Waals surface area contributed by atoms with Gasteiger partial charge in [-0.3, -0.25) is 0 Å². The number of halogens is 4. The van der Waals surface area contributed by atoms with Crippen molar-refractivity contribution in [1.82, 2.24) is 0 Å². The molecule has 2 N–H and O–H groups in total. The Bertz CT molecular complexity index is 461. The predicted molar refractivity (Wildman–Crippen MR) is 71.5 cm³/mol. The quantitative estimate of drug-likeness (QED) is 0.813. The Morgan fingerprint density at radius 2 is 1.71 bits per heavy atom. The molecule has 0 spiro atoms. The normalized spacial score (nSPS) is 18.8. The standard InChI is InChI=1S/C15H19F4NO/c16-14(17)15(18,19)21-12-9-5-4-8-11(12)13(20)10-6-2-1-3-7-10/h4-5,8-10,13-14H,1-3,6-7,20H2/t13-/m1/s1. The second-order valence-corrected chi connectivity index (χ2v) is 5.43. The van der Waals surface area contributed by atoms with E-state index in [-0.39, 0.29) is 11.7 Å². The van der Waals surface area contributed by atoms with Crippen molar-refractivity contribution in [2.75, 3.05) is 0 Å². The molecule has 1 aromatic carbocycles. The maximum Gasteiger partial charge on any atom is 0.461 e. The first-order chi connectivity index (χ1) is 9.92. The average molecular weight is 305 g/mol. The second-order valence-electron chi connectivity index (χ2n) is 5.43. The number of alkyl halides is 4. The number of nitrogens with two attached hydrogens (primary N) is 1. The van der Waals surface area contributed by atoms with Crippen LogP contribution in [-0.4, -0.2) is 12.5 Å². The van der Waals surface area contributed by atoms with Crippen LogP contribution in [0.2, 0.25) is 0 Å². The molecule has 0 amide bonds. The summed E-state index contributed by atoms with van der Waals surface area (Å²) in [6.07, 6.45) is -3.31. The van der Waals surface area contributed by atoms with Gasteiger partial charge < -0.3 is 10.5 Å². The number of hydrogen-bond donors (Lipinski definition) is 1. The summed E-state index contributed by atoms with van der Waals surface area (Å²) in [5.41, 5.74) is 6.52. The Kier molecular flexibility index (Phi) is 5.08. The van der Waals surface area contributed by atoms with E-state index in [1.165, 1.54) is 12.1 Å². The predicted octanol–water partition coefficient (Wildman–Crippen LogP) is 4.50. The minimum absolute atomic E-state index is 0.170. The van der Waals surface area contributed by atoms with Crippen LogP contribution in [0.1, 0.15) is 43.7 Å². The lowest BCUT2D eigenvalue weighted by atomic mass is 9.81. The van der Waals surface area contributed by atoms with Crippen LogP contribution in [0, 0.1) is 5.92 Å². The maximum absolute atomic E-state index is 13.1. The molecule has 118 valence electrons. The van der Waals surface area contributed by atoms with Crippen molar-refractivity contribution in [2.24, 2.45) is 11.7 Å². The molecule has 0 bridgehead atoms. The molecule has 6 heteroatoms. The van der Waals surface area contributed by atoms with Gasteiger partial charge in [0, 0.05) is 11.6 Å². The second kappa shape index (κ2) is 6.64. The topological polar surface area (TPSA) is 35.2 Å². The summed E-state index contributed by atoms with van der Waals surface area (Å²) in [6.45, 7) is 0. The molecule has 1 aliphatic rings. The highest BCUT2D eigenvalue weighted by atomic mass is 19.3. The van der Waals surface area contributed by atoms with Gasteiger partial charge in [-0.2, -0.15) is 17.6 Å². The lowest BCUT2D eigenvalue weighted by Gasteiger charge is -2.29. The molecule has 1 saturated carbocycles. The van der Waals surface area contributed by atoms with Crippen LogP contribution in [0.5, 0.6) is 5.75 Å². The van der Waals surface area contributed by atoms with E-state index in [2.05, 4.69) is 4.74 Å². The van der Waals surface area contributed by atoms with Crippen LogP contribution < -0.4 is 10.5 Å². The monoisotopic (exact) mass is 305 g/mol. The van der Waals surface area contributed by atoms with Crippen molar-refractivity contribution in [2.45, 2.75) is 50.7 Å². The Labute approximate surface area is 121 Å². The molecule has 1 fully saturated rings. The highest BCUT2D eigenvalue weighted by molar-refractivity contribution is 5.36. The van der Waals surface area contributed by atoms with Crippen molar-refractivity contribution in [1.29, 1.82) is 0 Å². The third-order valence-corrected chi connectivity index (χ3v) is 3.94. The zero-order valence-electron chi connectivity index (χ0n) is 11.6. The molecular formula is C15H19F4NO. The lowest BCUT2D eigenvalue weighted by molar-refractivity contribution is -0.253. The maximum atomic E-state index is 13.1. The summed E-state index contributed by atoms with van der Waals surface area (Å²) < 4.78 is 55.0. The van der Waals surface area contributed by atoms with Gasteiger partial charge in [-0.05, 0) is 24.8 Å². The van der Waals surface area contributed by atoms with Gasteiger partial charge in [0.05, 0.1) is 0 Å². The third kappa shape index (κ3) is 3.87. The number of benzene rings is 1. The summed E-state index contributed by atoms with van der Waals surface area (Å²) in [5, 5.41) is 0. The summed E-state index contributed by atoms with van der Waals surface area (Å²) in [6, 6.07) is 5.46. The van der Waals surface area contributed by atoms with Crippen LogP contribution in [0.15, 0.2) is 24.3 Å². The van der Waals surface area contributed by atoms with E-state index >= 15 is 0 Å². The van der Waals surface area contributed by atoms with E-state index in [1.807, 2.05) is 0 Å². The van der Waals surface area contributed by atoms with E-state index < -0.39 is 18.6 Å². The zero-order valence-corrected chi connectivity index (χ0v) is 11.6. The van der Waals surface area contributed by atoms with Gasteiger partial charge in [0.2, 0.25) is 0 Å². The smallest absolute Gasteiger partial charge is 0.428 e. The van der Waals surface area contributed by atoms with E-state index in [0.29, 0.717) is 5.56 Å². The molecule has 0 radical (unpaired) electrons. The number of hydrogen-bond acceptors (Lipinski definition) is 2. The minimum Gasteiger partial charge on any atom is -0.428 e. The minimum atomic E-state index is -4.51. The summed E-state index contributed by atoms with van der Waals surface area (Å²) >= 11 is 0. The number of rotatable bonds is 5. The van der Waals surface area contributed by atoms with Crippen molar-refractivity contribution in [3.8, 4) is 5.75 Å². The molecule has 0 heterocycles. The Morgan fingerprint density at radius 3 is 2.33 bits per heavy atom. The van der Waals surface area contributed by atoms with Gasteiger partial charge in [0.1, 0.15) is 5.75 Å². The van der Waals surface area contributed by atoms with Crippen LogP contribution >= 0.6 is 0 Å². The average Bonchev–Trinajstić information content (AvgIpc) is 2.47. The Morgan fingerprint density at radius 1 is 1.10 bits per heavy atom. The molecule has 2 rings (SSSR count). The molecule has 0 saturated heterocycles. The van der Waals surface area contributed by atoms with Crippen LogP contribution in [0.3, 0.4) is 0 Å². The molecule has 1 aromatic rings. The fraction of sp³-hybridized carbons (Fsp3) is 0.600. The number of para-hydroxylation sites is 1. The molecule has 0 unspecified atom stereocenters. The van der Waals surface area contributed by atoms with Crippen LogP contribution in [-0.2, 0) is 0 Å². The van der Waals surface area contributed by atoms with Gasteiger partial charge >= 0.3 is 12.5 Å². The summed E-state index contributed by atoms with van der Waals surface area (Å²) in [7, 11) is 0. The van der Waals surface area contributed by atoms with E-state index in [4.69, 9.17) is 5.73 Å². The first-order valence-electron chi connectivity index (χ1n) is 7.11. The molecule has 0 aliphatic heterocycles.